The molecule has 2 fully saturated rings. The summed E-state index contributed by atoms with van der Waals surface area (Å²) in [5, 5.41) is 3.26. The fraction of sp³-hybridized carbons (Fsp3) is 0.818. The van der Waals surface area contributed by atoms with Crippen molar-refractivity contribution in [3.8, 4) is 11.8 Å². The van der Waals surface area contributed by atoms with Crippen LogP contribution in [0.5, 0.6) is 0 Å². The summed E-state index contributed by atoms with van der Waals surface area (Å²) in [4.78, 5) is 2.31. The second kappa shape index (κ2) is 9.95. The van der Waals surface area contributed by atoms with E-state index in [2.05, 4.69) is 22.1 Å². The molecule has 17 heavy (non-hydrogen) atoms. The monoisotopic (exact) mass is 282 g/mol. The molecule has 1 N–H and O–H groups in total. The first-order valence-corrected chi connectivity index (χ1v) is 5.56. The zero-order chi connectivity index (χ0) is 10.3. The van der Waals surface area contributed by atoms with Gasteiger partial charge in [-0.1, -0.05) is 11.8 Å². The van der Waals surface area contributed by atoms with E-state index in [1.807, 2.05) is 0 Å². The Kier molecular flexibility index (Phi) is 9.94. The number of morpholine rings is 2. The maximum Gasteiger partial charge on any atom is 0.130 e. The van der Waals surface area contributed by atoms with E-state index in [0.29, 0.717) is 0 Å². The van der Waals surface area contributed by atoms with Crippen molar-refractivity contribution in [1.82, 2.24) is 10.2 Å². The summed E-state index contributed by atoms with van der Waals surface area (Å²) >= 11 is 0. The lowest BCUT2D eigenvalue weighted by Crippen LogP contribution is -2.38. The molecular weight excluding hydrogens is 263 g/mol. The van der Waals surface area contributed by atoms with Crippen LogP contribution in [0.1, 0.15) is 0 Å². The van der Waals surface area contributed by atoms with Crippen LogP contribution in [0.2, 0.25) is 0 Å². The predicted octanol–water partition coefficient (Wildman–Crippen LogP) is 0.154. The van der Waals surface area contributed by atoms with Crippen molar-refractivity contribution in [1.29, 1.82) is 0 Å². The Morgan fingerprint density at radius 1 is 1.18 bits per heavy atom. The molecule has 0 aromatic carbocycles. The molecule has 6 heteroatoms. The molecule has 0 aromatic rings. The van der Waals surface area contributed by atoms with Crippen LogP contribution in [0.25, 0.3) is 0 Å². The summed E-state index contributed by atoms with van der Waals surface area (Å²) < 4.78 is 10.8. The van der Waals surface area contributed by atoms with Crippen molar-refractivity contribution in [3.63, 3.8) is 0 Å². The zero-order valence-corrected chi connectivity index (χ0v) is 11.4. The van der Waals surface area contributed by atoms with Crippen molar-refractivity contribution in [2.24, 2.45) is 0 Å². The summed E-state index contributed by atoms with van der Waals surface area (Å²) in [5.41, 5.74) is 0. The van der Waals surface area contributed by atoms with Crippen LogP contribution < -0.4 is 5.32 Å². The number of hydrogen-bond acceptors (Lipinski definition) is 4. The minimum absolute atomic E-state index is 0. The molecule has 0 amide bonds. The lowest BCUT2D eigenvalue weighted by molar-refractivity contribution is 0.0440. The van der Waals surface area contributed by atoms with E-state index < -0.39 is 0 Å². The summed E-state index contributed by atoms with van der Waals surface area (Å²) in [5.74, 6) is 6.33. The van der Waals surface area contributed by atoms with Crippen LogP contribution in [0.3, 0.4) is 0 Å². The molecule has 2 rings (SSSR count). The van der Waals surface area contributed by atoms with Gasteiger partial charge < -0.3 is 14.8 Å². The van der Waals surface area contributed by atoms with Crippen molar-refractivity contribution in [2.45, 2.75) is 6.10 Å². The molecule has 0 aliphatic carbocycles. The van der Waals surface area contributed by atoms with Crippen LogP contribution >= 0.6 is 24.8 Å². The standard InChI is InChI=1S/C11H18N2O2.2ClH/c1(2-11-10-12-3-7-15-11)4-13-5-8-14-9-6-13;;/h11-12H,3-10H2;2*1H. The summed E-state index contributed by atoms with van der Waals surface area (Å²) in [6.07, 6.45) is 0.0831. The van der Waals surface area contributed by atoms with Crippen molar-refractivity contribution < 1.29 is 9.47 Å². The van der Waals surface area contributed by atoms with Gasteiger partial charge in [-0.05, 0) is 0 Å². The average Bonchev–Trinajstić information content (AvgIpc) is 2.32. The molecule has 2 aliphatic heterocycles. The minimum Gasteiger partial charge on any atom is -0.379 e. The Labute approximate surface area is 115 Å². The molecule has 0 saturated carbocycles. The van der Waals surface area contributed by atoms with Crippen LogP contribution in [-0.4, -0.2) is 63.5 Å². The van der Waals surface area contributed by atoms with E-state index in [9.17, 15) is 0 Å². The second-order valence-electron chi connectivity index (χ2n) is 3.77. The first-order valence-electron chi connectivity index (χ1n) is 5.56. The summed E-state index contributed by atoms with van der Waals surface area (Å²) in [6, 6.07) is 0. The molecule has 0 bridgehead atoms. The largest absolute Gasteiger partial charge is 0.379 e. The fourth-order valence-corrected chi connectivity index (χ4v) is 1.69. The van der Waals surface area contributed by atoms with Gasteiger partial charge in [-0.2, -0.15) is 0 Å². The highest BCUT2D eigenvalue weighted by molar-refractivity contribution is 5.85. The van der Waals surface area contributed by atoms with Gasteiger partial charge in [-0.25, -0.2) is 0 Å². The third-order valence-electron chi connectivity index (χ3n) is 2.60. The molecule has 0 aromatic heterocycles. The first-order chi connectivity index (χ1) is 7.45. The van der Waals surface area contributed by atoms with E-state index >= 15 is 0 Å². The van der Waals surface area contributed by atoms with E-state index in [0.717, 1.165) is 52.5 Å². The number of ether oxygens (including phenoxy) is 2. The highest BCUT2D eigenvalue weighted by Gasteiger charge is 2.10. The number of nitrogens with one attached hydrogen (secondary N) is 1. The van der Waals surface area contributed by atoms with Gasteiger partial charge in [0.05, 0.1) is 26.4 Å². The van der Waals surface area contributed by atoms with Crippen molar-refractivity contribution >= 4 is 24.8 Å². The van der Waals surface area contributed by atoms with E-state index in [-0.39, 0.29) is 30.9 Å². The molecular formula is C11H20Cl2N2O2. The second-order valence-corrected chi connectivity index (χ2v) is 3.77. The quantitative estimate of drug-likeness (QED) is 0.695. The first kappa shape index (κ1) is 17.0. The number of halogens is 2. The highest BCUT2D eigenvalue weighted by atomic mass is 35.5. The number of nitrogens with zero attached hydrogens (tertiary/aromatic N) is 1. The third kappa shape index (κ3) is 6.46. The summed E-state index contributed by atoms with van der Waals surface area (Å²) in [7, 11) is 0. The Balaban J connectivity index is 0.00000128. The third-order valence-corrected chi connectivity index (χ3v) is 2.60. The molecule has 4 nitrogen and oxygen atoms in total. The lowest BCUT2D eigenvalue weighted by atomic mass is 10.3. The van der Waals surface area contributed by atoms with Crippen LogP contribution in [0.15, 0.2) is 0 Å². The molecule has 2 saturated heterocycles. The van der Waals surface area contributed by atoms with Crippen LogP contribution in [0.4, 0.5) is 0 Å². The Morgan fingerprint density at radius 3 is 2.59 bits per heavy atom. The van der Waals surface area contributed by atoms with Crippen LogP contribution in [-0.2, 0) is 9.47 Å². The van der Waals surface area contributed by atoms with Gasteiger partial charge in [-0.15, -0.1) is 24.8 Å². The molecule has 100 valence electrons. The topological polar surface area (TPSA) is 33.7 Å². The van der Waals surface area contributed by atoms with Gasteiger partial charge in [0.25, 0.3) is 0 Å². The minimum atomic E-state index is 0. The Bertz CT molecular complexity index is 244. The predicted molar refractivity (Wildman–Crippen MR) is 72.1 cm³/mol. The maximum atomic E-state index is 5.49. The van der Waals surface area contributed by atoms with E-state index in [1.54, 1.807) is 0 Å². The lowest BCUT2D eigenvalue weighted by Gasteiger charge is -2.24. The van der Waals surface area contributed by atoms with Crippen molar-refractivity contribution in [3.05, 3.63) is 0 Å². The normalized spacial score (nSPS) is 24.8. The summed E-state index contributed by atoms with van der Waals surface area (Å²) in [6.45, 7) is 7.08. The fourth-order valence-electron chi connectivity index (χ4n) is 1.69. The maximum absolute atomic E-state index is 5.49. The molecule has 2 aliphatic rings. The number of rotatable bonds is 1. The van der Waals surface area contributed by atoms with Crippen molar-refractivity contribution in [2.75, 3.05) is 52.5 Å². The molecule has 0 radical (unpaired) electrons. The van der Waals surface area contributed by atoms with E-state index in [4.69, 9.17) is 9.47 Å². The molecule has 2 heterocycles. The van der Waals surface area contributed by atoms with Gasteiger partial charge >= 0.3 is 0 Å². The molecule has 1 atom stereocenters. The van der Waals surface area contributed by atoms with E-state index in [1.165, 1.54) is 0 Å². The highest BCUT2D eigenvalue weighted by Crippen LogP contribution is 1.96. The van der Waals surface area contributed by atoms with Gasteiger partial charge in [0.2, 0.25) is 0 Å². The SMILES string of the molecule is C(#CC1CNCCO1)CN1CCOCC1.Cl.Cl. The Morgan fingerprint density at radius 2 is 1.94 bits per heavy atom. The zero-order valence-electron chi connectivity index (χ0n) is 9.81. The average molecular weight is 283 g/mol. The van der Waals surface area contributed by atoms with Gasteiger partial charge in [-0.3, -0.25) is 4.90 Å². The van der Waals surface area contributed by atoms with Crippen LogP contribution in [0, 0.1) is 11.8 Å². The van der Waals surface area contributed by atoms with Gasteiger partial charge in [0.15, 0.2) is 0 Å². The smallest absolute Gasteiger partial charge is 0.130 e. The molecule has 0 spiro atoms. The number of hydrogen-bond donors (Lipinski definition) is 1. The molecule has 1 unspecified atom stereocenters. The Hall–Kier alpha value is -0.0200. The van der Waals surface area contributed by atoms with Gasteiger partial charge in [0.1, 0.15) is 6.10 Å². The van der Waals surface area contributed by atoms with Gasteiger partial charge in [0, 0.05) is 26.2 Å².